The van der Waals surface area contributed by atoms with E-state index in [2.05, 4.69) is 20.6 Å². The number of hydrogen-bond donors (Lipinski definition) is 2. The highest BCUT2D eigenvalue weighted by Crippen LogP contribution is 2.37. The Morgan fingerprint density at radius 3 is 2.37 bits per heavy atom. The summed E-state index contributed by atoms with van der Waals surface area (Å²) >= 11 is 13.5. The average molecular weight is 624 g/mol. The van der Waals surface area contributed by atoms with Crippen LogP contribution in [0.25, 0.3) is 10.9 Å². The molecule has 2 aromatic carbocycles. The standard InChI is InChI=1S/C31H32Cl2N6O4/c1-19-9-10-20-7-6-8-25(28(20)36-19)39(30(42)43-31(2,3)4)18-22-23(32)11-12-24(27(22)33)38(5)26(40)17-35-29(41)37-21-13-15-34-16-14-21/h6-16H,17-18H2,1-5H3,(H2,34,35,37,41). The Kier molecular flexibility index (Phi) is 9.73. The van der Waals surface area contributed by atoms with Crippen LogP contribution in [0.15, 0.2) is 67.0 Å². The van der Waals surface area contributed by atoms with E-state index in [-0.39, 0.29) is 18.1 Å². The molecule has 4 aromatic rings. The van der Waals surface area contributed by atoms with Crippen molar-refractivity contribution in [2.45, 2.75) is 39.8 Å². The second-order valence-electron chi connectivity index (χ2n) is 10.7. The smallest absolute Gasteiger partial charge is 0.415 e. The summed E-state index contributed by atoms with van der Waals surface area (Å²) in [5.41, 5.74) is 2.41. The van der Waals surface area contributed by atoms with E-state index in [1.807, 2.05) is 31.2 Å². The summed E-state index contributed by atoms with van der Waals surface area (Å²) in [5.74, 6) is -0.433. The normalized spacial score (nSPS) is 11.1. The molecule has 0 bridgehead atoms. The molecule has 0 saturated heterocycles. The molecule has 0 aliphatic carbocycles. The van der Waals surface area contributed by atoms with E-state index in [0.717, 1.165) is 11.1 Å². The van der Waals surface area contributed by atoms with E-state index in [1.54, 1.807) is 51.1 Å². The minimum Gasteiger partial charge on any atom is -0.443 e. The van der Waals surface area contributed by atoms with Gasteiger partial charge in [0.05, 0.1) is 35.0 Å². The molecule has 4 amide bonds. The molecule has 2 N–H and O–H groups in total. The SMILES string of the molecule is Cc1ccc2cccc(N(Cc3c(Cl)ccc(N(C)C(=O)CNC(=O)Nc4ccncc4)c3Cl)C(=O)OC(C)(C)C)c2n1. The van der Waals surface area contributed by atoms with Gasteiger partial charge in [0.2, 0.25) is 5.91 Å². The Labute approximate surface area is 260 Å². The lowest BCUT2D eigenvalue weighted by Gasteiger charge is -2.29. The molecule has 4 rings (SSSR count). The van der Waals surface area contributed by atoms with Crippen molar-refractivity contribution in [1.82, 2.24) is 15.3 Å². The van der Waals surface area contributed by atoms with E-state index >= 15 is 0 Å². The molecule has 12 heteroatoms. The zero-order valence-electron chi connectivity index (χ0n) is 24.4. The number of carbonyl (C=O) groups is 3. The van der Waals surface area contributed by atoms with Crippen molar-refractivity contribution < 1.29 is 19.1 Å². The molecule has 0 aliphatic heterocycles. The molecule has 0 radical (unpaired) electrons. The fourth-order valence-corrected chi connectivity index (χ4v) is 4.80. The number of fused-ring (bicyclic) bond motifs is 1. The monoisotopic (exact) mass is 622 g/mol. The number of benzene rings is 2. The number of nitrogens with one attached hydrogen (secondary N) is 2. The number of halogens is 2. The summed E-state index contributed by atoms with van der Waals surface area (Å²) in [6.07, 6.45) is 2.46. The molecule has 0 saturated carbocycles. The lowest BCUT2D eigenvalue weighted by Crippen LogP contribution is -2.40. The zero-order chi connectivity index (χ0) is 31.3. The molecule has 2 aromatic heterocycles. The van der Waals surface area contributed by atoms with Gasteiger partial charge in [-0.05, 0) is 64.1 Å². The van der Waals surface area contributed by atoms with E-state index < -0.39 is 23.6 Å². The zero-order valence-corrected chi connectivity index (χ0v) is 26.0. The third kappa shape index (κ3) is 7.91. The van der Waals surface area contributed by atoms with Crippen LogP contribution in [0.2, 0.25) is 10.0 Å². The van der Waals surface area contributed by atoms with Gasteiger partial charge in [-0.3, -0.25) is 19.7 Å². The molecule has 0 fully saturated rings. The number of urea groups is 1. The van der Waals surface area contributed by atoms with Crippen molar-refractivity contribution in [3.63, 3.8) is 0 Å². The number of para-hydroxylation sites is 1. The van der Waals surface area contributed by atoms with E-state index in [0.29, 0.717) is 33.2 Å². The highest BCUT2D eigenvalue weighted by atomic mass is 35.5. The number of amides is 4. The summed E-state index contributed by atoms with van der Waals surface area (Å²) in [5, 5.41) is 6.46. The molecule has 2 heterocycles. The van der Waals surface area contributed by atoms with Gasteiger partial charge in [0, 0.05) is 46.8 Å². The van der Waals surface area contributed by atoms with Crippen LogP contribution in [0.3, 0.4) is 0 Å². The van der Waals surface area contributed by atoms with Crippen LogP contribution >= 0.6 is 23.2 Å². The van der Waals surface area contributed by atoms with Gasteiger partial charge >= 0.3 is 12.1 Å². The number of pyridine rings is 2. The number of nitrogens with zero attached hydrogens (tertiary/aromatic N) is 4. The van der Waals surface area contributed by atoms with Gasteiger partial charge in [0.1, 0.15) is 5.60 Å². The number of rotatable bonds is 7. The molecule has 0 unspecified atom stereocenters. The van der Waals surface area contributed by atoms with Gasteiger partial charge in [-0.2, -0.15) is 0 Å². The number of aryl methyl sites for hydroxylation is 1. The molecule has 224 valence electrons. The Hall–Kier alpha value is -4.41. The molecule has 0 spiro atoms. The Morgan fingerprint density at radius 2 is 1.67 bits per heavy atom. The maximum atomic E-state index is 13.6. The quantitative estimate of drug-likeness (QED) is 0.230. The Bertz CT molecular complexity index is 1660. The molecular formula is C31H32Cl2N6O4. The fourth-order valence-electron chi connectivity index (χ4n) is 4.18. The van der Waals surface area contributed by atoms with Gasteiger partial charge in [0.25, 0.3) is 0 Å². The van der Waals surface area contributed by atoms with Crippen LogP contribution < -0.4 is 20.4 Å². The first kappa shape index (κ1) is 31.5. The summed E-state index contributed by atoms with van der Waals surface area (Å²) in [7, 11) is 1.53. The second-order valence-corrected chi connectivity index (χ2v) is 11.5. The minimum atomic E-state index is -0.776. The third-order valence-corrected chi connectivity index (χ3v) is 7.07. The van der Waals surface area contributed by atoms with Gasteiger partial charge in [-0.15, -0.1) is 0 Å². The minimum absolute atomic E-state index is 0.0657. The van der Waals surface area contributed by atoms with Gasteiger partial charge in [-0.25, -0.2) is 9.59 Å². The molecule has 10 nitrogen and oxygen atoms in total. The fraction of sp³-hybridized carbons (Fsp3) is 0.258. The lowest BCUT2D eigenvalue weighted by atomic mass is 10.1. The highest BCUT2D eigenvalue weighted by molar-refractivity contribution is 6.38. The number of hydrogen-bond acceptors (Lipinski definition) is 6. The van der Waals surface area contributed by atoms with Crippen molar-refractivity contribution in [1.29, 1.82) is 0 Å². The van der Waals surface area contributed by atoms with E-state index in [4.69, 9.17) is 27.9 Å². The molecular weight excluding hydrogens is 591 g/mol. The maximum Gasteiger partial charge on any atom is 0.415 e. The first-order valence-corrected chi connectivity index (χ1v) is 14.1. The first-order valence-electron chi connectivity index (χ1n) is 13.4. The highest BCUT2D eigenvalue weighted by Gasteiger charge is 2.28. The van der Waals surface area contributed by atoms with Crippen LogP contribution in [0.4, 0.5) is 26.7 Å². The van der Waals surface area contributed by atoms with Crippen molar-refractivity contribution >= 4 is 69.2 Å². The number of anilines is 3. The number of ether oxygens (including phenoxy) is 1. The molecule has 0 aliphatic rings. The Balaban J connectivity index is 1.62. The summed E-state index contributed by atoms with van der Waals surface area (Å²) in [6, 6.07) is 15.2. The van der Waals surface area contributed by atoms with Crippen molar-refractivity contribution in [2.75, 3.05) is 28.7 Å². The summed E-state index contributed by atoms with van der Waals surface area (Å²) in [6.45, 7) is 6.84. The first-order chi connectivity index (χ1) is 20.3. The van der Waals surface area contributed by atoms with E-state index in [9.17, 15) is 14.4 Å². The van der Waals surface area contributed by atoms with E-state index in [1.165, 1.54) is 29.2 Å². The predicted molar refractivity (Wildman–Crippen MR) is 170 cm³/mol. The number of likely N-dealkylation sites (N-methyl/N-ethyl adjacent to an activating group) is 1. The van der Waals surface area contributed by atoms with Crippen LogP contribution in [-0.4, -0.2) is 47.2 Å². The summed E-state index contributed by atoms with van der Waals surface area (Å²) < 4.78 is 5.76. The lowest BCUT2D eigenvalue weighted by molar-refractivity contribution is -0.117. The average Bonchev–Trinajstić information content (AvgIpc) is 2.95. The van der Waals surface area contributed by atoms with Crippen LogP contribution in [0, 0.1) is 6.92 Å². The maximum absolute atomic E-state index is 13.6. The topological polar surface area (TPSA) is 117 Å². The van der Waals surface area contributed by atoms with Crippen molar-refractivity contribution in [3.8, 4) is 0 Å². The number of carbonyl (C=O) groups excluding carboxylic acids is 3. The van der Waals surface area contributed by atoms with Gasteiger partial charge in [0.15, 0.2) is 0 Å². The third-order valence-electron chi connectivity index (χ3n) is 6.30. The van der Waals surface area contributed by atoms with Crippen molar-refractivity contribution in [3.05, 3.63) is 88.3 Å². The van der Waals surface area contributed by atoms with Crippen LogP contribution in [0.1, 0.15) is 32.0 Å². The number of aromatic nitrogens is 2. The van der Waals surface area contributed by atoms with Crippen molar-refractivity contribution in [2.24, 2.45) is 0 Å². The largest absolute Gasteiger partial charge is 0.443 e. The Morgan fingerprint density at radius 1 is 0.953 bits per heavy atom. The predicted octanol–water partition coefficient (Wildman–Crippen LogP) is 6.97. The van der Waals surface area contributed by atoms with Gasteiger partial charge < -0.3 is 20.3 Å². The molecule has 43 heavy (non-hydrogen) atoms. The van der Waals surface area contributed by atoms with Crippen LogP contribution in [-0.2, 0) is 16.1 Å². The molecule has 0 atom stereocenters. The van der Waals surface area contributed by atoms with Crippen LogP contribution in [0.5, 0.6) is 0 Å². The van der Waals surface area contributed by atoms with Gasteiger partial charge in [-0.1, -0.05) is 41.4 Å². The summed E-state index contributed by atoms with van der Waals surface area (Å²) in [4.78, 5) is 50.2. The second kappa shape index (κ2) is 13.3.